The third-order valence-corrected chi connectivity index (χ3v) is 3.00. The van der Waals surface area contributed by atoms with Crippen molar-refractivity contribution in [2.24, 2.45) is 11.8 Å². The molecule has 4 heteroatoms. The summed E-state index contributed by atoms with van der Waals surface area (Å²) in [5.74, 6) is -0.684. The largest absolute Gasteiger partial charge is 0.481 e. The summed E-state index contributed by atoms with van der Waals surface area (Å²) >= 11 is 0. The number of rotatable bonds is 3. The van der Waals surface area contributed by atoms with E-state index in [1.54, 1.807) is 0 Å². The molecule has 1 aliphatic heterocycles. The minimum Gasteiger partial charge on any atom is -0.481 e. The van der Waals surface area contributed by atoms with Gasteiger partial charge in [0.25, 0.3) is 0 Å². The zero-order valence-electron chi connectivity index (χ0n) is 8.93. The van der Waals surface area contributed by atoms with Crippen LogP contribution in [0.4, 0.5) is 0 Å². The van der Waals surface area contributed by atoms with E-state index in [0.717, 1.165) is 13.0 Å². The lowest BCUT2D eigenvalue weighted by atomic mass is 9.90. The molecular formula is C12H16ClNO2. The second kappa shape index (κ2) is 5.87. The first-order valence-corrected chi connectivity index (χ1v) is 5.25. The van der Waals surface area contributed by atoms with Gasteiger partial charge in [0.1, 0.15) is 0 Å². The molecule has 2 unspecified atom stereocenters. The lowest BCUT2D eigenvalue weighted by Crippen LogP contribution is -2.23. The van der Waals surface area contributed by atoms with Gasteiger partial charge in [0.15, 0.2) is 0 Å². The number of hydrogen-bond acceptors (Lipinski definition) is 2. The van der Waals surface area contributed by atoms with Crippen LogP contribution >= 0.6 is 12.4 Å². The summed E-state index contributed by atoms with van der Waals surface area (Å²) in [4.78, 5) is 11.0. The molecule has 1 fully saturated rings. The van der Waals surface area contributed by atoms with Crippen molar-refractivity contribution in [2.75, 3.05) is 13.1 Å². The highest BCUT2D eigenvalue weighted by molar-refractivity contribution is 5.85. The molecule has 1 aliphatic rings. The maximum absolute atomic E-state index is 11.0. The van der Waals surface area contributed by atoms with Gasteiger partial charge in [-0.15, -0.1) is 12.4 Å². The predicted octanol–water partition coefficient (Wildman–Crippen LogP) is 1.57. The first-order chi connectivity index (χ1) is 7.27. The monoisotopic (exact) mass is 241 g/mol. The van der Waals surface area contributed by atoms with Crippen molar-refractivity contribution in [3.05, 3.63) is 35.9 Å². The zero-order chi connectivity index (χ0) is 10.7. The van der Waals surface area contributed by atoms with Gasteiger partial charge in [-0.1, -0.05) is 30.3 Å². The van der Waals surface area contributed by atoms with Crippen molar-refractivity contribution in [2.45, 2.75) is 6.42 Å². The summed E-state index contributed by atoms with van der Waals surface area (Å²) < 4.78 is 0. The van der Waals surface area contributed by atoms with E-state index in [-0.39, 0.29) is 24.2 Å². The Balaban J connectivity index is 0.00000128. The summed E-state index contributed by atoms with van der Waals surface area (Å²) in [6.07, 6.45) is 0.852. The summed E-state index contributed by atoms with van der Waals surface area (Å²) in [5, 5.41) is 12.2. The van der Waals surface area contributed by atoms with Crippen molar-refractivity contribution in [1.29, 1.82) is 0 Å². The van der Waals surface area contributed by atoms with Crippen molar-refractivity contribution in [3.8, 4) is 0 Å². The van der Waals surface area contributed by atoms with Crippen LogP contribution in [0.15, 0.2) is 30.3 Å². The normalized spacial score (nSPS) is 23.8. The maximum atomic E-state index is 11.0. The lowest BCUT2D eigenvalue weighted by Gasteiger charge is -2.14. The predicted molar refractivity (Wildman–Crippen MR) is 64.9 cm³/mol. The van der Waals surface area contributed by atoms with E-state index in [1.165, 1.54) is 5.56 Å². The van der Waals surface area contributed by atoms with Gasteiger partial charge in [-0.3, -0.25) is 4.79 Å². The average Bonchev–Trinajstić information content (AvgIpc) is 2.67. The van der Waals surface area contributed by atoms with E-state index < -0.39 is 5.97 Å². The van der Waals surface area contributed by atoms with Crippen molar-refractivity contribution in [1.82, 2.24) is 5.32 Å². The van der Waals surface area contributed by atoms with Crippen LogP contribution in [-0.4, -0.2) is 24.2 Å². The van der Waals surface area contributed by atoms with E-state index in [0.29, 0.717) is 6.54 Å². The van der Waals surface area contributed by atoms with Crippen LogP contribution in [0.5, 0.6) is 0 Å². The first kappa shape index (κ1) is 13.0. The van der Waals surface area contributed by atoms with Crippen LogP contribution in [0.3, 0.4) is 0 Å². The smallest absolute Gasteiger partial charge is 0.308 e. The molecule has 1 heterocycles. The van der Waals surface area contributed by atoms with Gasteiger partial charge < -0.3 is 10.4 Å². The van der Waals surface area contributed by atoms with Crippen LogP contribution in [0, 0.1) is 11.8 Å². The van der Waals surface area contributed by atoms with Gasteiger partial charge in [-0.05, 0) is 24.4 Å². The van der Waals surface area contributed by atoms with Crippen molar-refractivity contribution in [3.63, 3.8) is 0 Å². The summed E-state index contributed by atoms with van der Waals surface area (Å²) in [6, 6.07) is 10.1. The zero-order valence-corrected chi connectivity index (χ0v) is 9.74. The van der Waals surface area contributed by atoms with Gasteiger partial charge in [-0.25, -0.2) is 0 Å². The molecule has 0 aliphatic carbocycles. The molecule has 1 saturated heterocycles. The third-order valence-electron chi connectivity index (χ3n) is 3.00. The van der Waals surface area contributed by atoms with Crippen molar-refractivity contribution < 1.29 is 9.90 Å². The number of hydrogen-bond donors (Lipinski definition) is 2. The summed E-state index contributed by atoms with van der Waals surface area (Å²) in [6.45, 7) is 1.42. The summed E-state index contributed by atoms with van der Waals surface area (Å²) in [5.41, 5.74) is 1.22. The molecule has 0 bridgehead atoms. The molecule has 16 heavy (non-hydrogen) atoms. The van der Waals surface area contributed by atoms with Crippen molar-refractivity contribution >= 4 is 18.4 Å². The number of carboxylic acids is 1. The number of carboxylic acid groups (broad SMARTS) is 1. The highest BCUT2D eigenvalue weighted by Gasteiger charge is 2.32. The number of aliphatic carboxylic acids is 1. The second-order valence-electron chi connectivity index (χ2n) is 4.05. The highest BCUT2D eigenvalue weighted by atomic mass is 35.5. The Hall–Kier alpha value is -1.06. The SMILES string of the molecule is Cl.O=C(O)C1CNCC1Cc1ccccc1. The molecule has 0 radical (unpaired) electrons. The minimum absolute atomic E-state index is 0. The Morgan fingerprint density at radius 3 is 2.62 bits per heavy atom. The Kier molecular flexibility index (Phi) is 4.77. The molecule has 1 aromatic carbocycles. The molecule has 1 aromatic rings. The van der Waals surface area contributed by atoms with Gasteiger partial charge in [0.05, 0.1) is 5.92 Å². The molecule has 0 amide bonds. The highest BCUT2D eigenvalue weighted by Crippen LogP contribution is 2.21. The molecule has 2 rings (SSSR count). The standard InChI is InChI=1S/C12H15NO2.ClH/c14-12(15)11-8-13-7-10(11)6-9-4-2-1-3-5-9;/h1-5,10-11,13H,6-8H2,(H,14,15);1H. The quantitative estimate of drug-likeness (QED) is 0.845. The Labute approximate surface area is 101 Å². The van der Waals surface area contributed by atoms with Crippen LogP contribution < -0.4 is 5.32 Å². The van der Waals surface area contributed by atoms with E-state index in [9.17, 15) is 4.79 Å². The maximum Gasteiger partial charge on any atom is 0.308 e. The van der Waals surface area contributed by atoms with E-state index in [1.807, 2.05) is 18.2 Å². The first-order valence-electron chi connectivity index (χ1n) is 5.25. The molecule has 2 N–H and O–H groups in total. The Morgan fingerprint density at radius 2 is 2.00 bits per heavy atom. The Morgan fingerprint density at radius 1 is 1.31 bits per heavy atom. The lowest BCUT2D eigenvalue weighted by molar-refractivity contribution is -0.142. The second-order valence-corrected chi connectivity index (χ2v) is 4.05. The summed E-state index contributed by atoms with van der Waals surface area (Å²) in [7, 11) is 0. The van der Waals surface area contributed by atoms with Crippen LogP contribution in [-0.2, 0) is 11.2 Å². The molecular weight excluding hydrogens is 226 g/mol. The minimum atomic E-state index is -0.680. The van der Waals surface area contributed by atoms with Gasteiger partial charge >= 0.3 is 5.97 Å². The van der Waals surface area contributed by atoms with Crippen LogP contribution in [0.2, 0.25) is 0 Å². The van der Waals surface area contributed by atoms with Gasteiger partial charge in [0, 0.05) is 6.54 Å². The fourth-order valence-electron chi connectivity index (χ4n) is 2.15. The topological polar surface area (TPSA) is 49.3 Å². The number of nitrogens with one attached hydrogen (secondary N) is 1. The Bertz CT molecular complexity index is 342. The van der Waals surface area contributed by atoms with Gasteiger partial charge in [-0.2, -0.15) is 0 Å². The third kappa shape index (κ3) is 2.97. The van der Waals surface area contributed by atoms with E-state index in [2.05, 4.69) is 17.4 Å². The van der Waals surface area contributed by atoms with Gasteiger partial charge in [0.2, 0.25) is 0 Å². The fraction of sp³-hybridized carbons (Fsp3) is 0.417. The van der Waals surface area contributed by atoms with E-state index in [4.69, 9.17) is 5.11 Å². The van der Waals surface area contributed by atoms with Crippen LogP contribution in [0.25, 0.3) is 0 Å². The molecule has 0 aromatic heterocycles. The van der Waals surface area contributed by atoms with E-state index >= 15 is 0 Å². The number of carbonyl (C=O) groups is 1. The molecule has 88 valence electrons. The molecule has 3 nitrogen and oxygen atoms in total. The number of halogens is 1. The average molecular weight is 242 g/mol. The molecule has 2 atom stereocenters. The fourth-order valence-corrected chi connectivity index (χ4v) is 2.15. The van der Waals surface area contributed by atoms with Crippen LogP contribution in [0.1, 0.15) is 5.56 Å². The molecule has 0 spiro atoms. The molecule has 0 saturated carbocycles. The number of benzene rings is 1.